The molecule has 0 fully saturated rings. The van der Waals surface area contributed by atoms with Crippen molar-refractivity contribution >= 4 is 164 Å². The minimum Gasteiger partial charge on any atom is -0.256 e. The highest BCUT2D eigenvalue weighted by Crippen LogP contribution is 2.44. The van der Waals surface area contributed by atoms with E-state index in [4.69, 9.17) is 59.8 Å². The largest absolute Gasteiger partial charge is 0.256 e. The number of rotatable bonds is 10. The average Bonchev–Trinajstić information content (AvgIpc) is 0.780. The van der Waals surface area contributed by atoms with Gasteiger partial charge in [0.25, 0.3) is 0 Å². The fourth-order valence-electron chi connectivity index (χ4n) is 19.6. The Labute approximate surface area is 790 Å². The summed E-state index contributed by atoms with van der Waals surface area (Å²) in [6, 6.07) is 151. The molecule has 640 valence electrons. The molecule has 0 N–H and O–H groups in total. The number of aromatic nitrogens is 13. The lowest BCUT2D eigenvalue weighted by molar-refractivity contribution is 1.30. The Kier molecular flexibility index (Phi) is 19.6. The van der Waals surface area contributed by atoms with Crippen LogP contribution in [-0.2, 0) is 0 Å². The highest BCUT2D eigenvalue weighted by molar-refractivity contribution is 6.20. The zero-order chi connectivity index (χ0) is 91.1. The minimum atomic E-state index is 0.857. The molecule has 13 nitrogen and oxygen atoms in total. The van der Waals surface area contributed by atoms with Crippen LogP contribution in [0.25, 0.3) is 276 Å². The monoisotopic (exact) mass is 1760 g/mol. The van der Waals surface area contributed by atoms with Crippen molar-refractivity contribution in [2.45, 2.75) is 0 Å². The fourth-order valence-corrected chi connectivity index (χ4v) is 19.6. The standard InChI is InChI=1S/C46H28N4.C40H24N4.C39H23N5/c1-3-9-29(10-4-1)38-26-22-33-19-20-34-23-28-40(48-44(34)43(33)47-38)31-15-17-32(18-16-31)42-36-13-7-8-14-41(36)50-46-37(42)25-21-35-24-27-39(49-45(35)46)30-11-5-2-6-12-30;1-2-7-25(8-3-1)33-22-19-29-16-17-30-20-23-34(43-39(30)38(29)42-33)26-12-14-27(15-13-26)36-31-10-4-5-11-35(31)44-40-32(36)21-18-28-9-6-24-41-37(28)40;1-2-7-24(8-3-1)31-19-15-26-12-13-27-16-20-32(43-38(27)37(26)42-31)28-17-21-34(41-23-28)35-29-10-4-5-11-33(29)44-39-30(35)18-14-25-9-6-22-40-36(25)39/h1-28H;1-24H;1-23H. The third-order valence-corrected chi connectivity index (χ3v) is 26.4. The molecule has 0 bridgehead atoms. The summed E-state index contributed by atoms with van der Waals surface area (Å²) in [5, 5.41) is 16.2. The molecule has 138 heavy (non-hydrogen) atoms. The van der Waals surface area contributed by atoms with E-state index in [9.17, 15) is 0 Å². The fraction of sp³-hybridized carbons (Fsp3) is 0. The Bertz CT molecular complexity index is 9400. The van der Waals surface area contributed by atoms with Gasteiger partial charge in [-0.25, -0.2) is 49.8 Å². The van der Waals surface area contributed by atoms with E-state index in [2.05, 4.69) is 339 Å². The van der Waals surface area contributed by atoms with Gasteiger partial charge in [-0.05, 0) is 96.1 Å². The lowest BCUT2D eigenvalue weighted by atomic mass is 9.94. The highest BCUT2D eigenvalue weighted by atomic mass is 14.8. The van der Waals surface area contributed by atoms with Crippen LogP contribution in [0.15, 0.2) is 455 Å². The maximum absolute atomic E-state index is 5.20. The molecule has 0 radical (unpaired) electrons. The van der Waals surface area contributed by atoms with Gasteiger partial charge in [0.15, 0.2) is 0 Å². The molecule has 0 spiro atoms. The Morgan fingerprint density at radius 1 is 0.116 bits per heavy atom. The van der Waals surface area contributed by atoms with Gasteiger partial charge in [0.05, 0.1) is 128 Å². The van der Waals surface area contributed by atoms with Gasteiger partial charge in [-0.1, -0.05) is 352 Å². The number of hydrogen-bond donors (Lipinski definition) is 0. The molecule has 28 rings (SSSR count). The van der Waals surface area contributed by atoms with Crippen molar-refractivity contribution in [1.82, 2.24) is 64.8 Å². The molecule has 0 aliphatic rings. The second-order valence-corrected chi connectivity index (χ2v) is 34.7. The molecule has 13 aromatic heterocycles. The summed E-state index contributed by atoms with van der Waals surface area (Å²) >= 11 is 0. The Morgan fingerprint density at radius 2 is 0.341 bits per heavy atom. The summed E-state index contributed by atoms with van der Waals surface area (Å²) < 4.78 is 0. The topological polar surface area (TPSA) is 168 Å². The number of para-hydroxylation sites is 3. The van der Waals surface area contributed by atoms with Crippen LogP contribution in [0.5, 0.6) is 0 Å². The molecule has 0 aliphatic heterocycles. The number of nitrogens with zero attached hydrogens (tertiary/aromatic N) is 13. The summed E-state index contributed by atoms with van der Waals surface area (Å²) in [5.74, 6) is 0. The molecule has 0 atom stereocenters. The van der Waals surface area contributed by atoms with E-state index in [-0.39, 0.29) is 0 Å². The highest BCUT2D eigenvalue weighted by Gasteiger charge is 2.22. The maximum Gasteiger partial charge on any atom is 0.0979 e. The van der Waals surface area contributed by atoms with Crippen molar-refractivity contribution in [2.75, 3.05) is 0 Å². The molecule has 13 heteroatoms. The molecule has 15 aromatic carbocycles. The molecule has 28 aromatic rings. The molecule has 0 unspecified atom stereocenters. The Morgan fingerprint density at radius 3 is 0.652 bits per heavy atom. The van der Waals surface area contributed by atoms with Gasteiger partial charge in [-0.3, -0.25) is 15.0 Å². The Hall–Kier alpha value is -18.9. The molecular weight excluding hydrogens is 1680 g/mol. The summed E-state index contributed by atoms with van der Waals surface area (Å²) in [4.78, 5) is 65.5. The third-order valence-electron chi connectivity index (χ3n) is 26.4. The van der Waals surface area contributed by atoms with Crippen LogP contribution in [0.4, 0.5) is 0 Å². The first-order chi connectivity index (χ1) is 68.4. The molecule has 0 amide bonds. The zero-order valence-electron chi connectivity index (χ0n) is 74.1. The quantitative estimate of drug-likeness (QED) is 0.0938. The van der Waals surface area contributed by atoms with Crippen molar-refractivity contribution in [3.63, 3.8) is 0 Å². The predicted octanol–water partition coefficient (Wildman–Crippen LogP) is 31.2. The van der Waals surface area contributed by atoms with E-state index in [0.717, 1.165) is 270 Å². The molecular formula is C125H75N13. The summed E-state index contributed by atoms with van der Waals surface area (Å²) in [6.07, 6.45) is 5.58. The van der Waals surface area contributed by atoms with Gasteiger partial charge in [0.2, 0.25) is 0 Å². The SMILES string of the molecule is c1ccc(-c2ccc3ccc4ccc(-c5ccc(-c6c7ccccc7nc7c6ccc6ccc(-c8ccccc8)nc67)cc5)nc4c3n2)cc1.c1ccc(-c2ccc3ccc4ccc(-c5ccc(-c6c7ccccc7nc7c6ccc6cccnc67)cc5)nc4c3n2)cc1.c1ccc(-c2ccc3ccc4ccc(-c5ccc(-c6c7ccccc7nc7c6ccc6cccnc67)nc5)nc4c3n2)cc1. The smallest absolute Gasteiger partial charge is 0.0979 e. The van der Waals surface area contributed by atoms with Crippen LogP contribution in [0.2, 0.25) is 0 Å². The van der Waals surface area contributed by atoms with Gasteiger partial charge in [-0.2, -0.15) is 0 Å². The van der Waals surface area contributed by atoms with Gasteiger partial charge in [-0.15, -0.1) is 0 Å². The van der Waals surface area contributed by atoms with E-state index in [1.807, 2.05) is 122 Å². The van der Waals surface area contributed by atoms with Crippen molar-refractivity contribution < 1.29 is 0 Å². The van der Waals surface area contributed by atoms with Crippen LogP contribution >= 0.6 is 0 Å². The number of hydrogen-bond acceptors (Lipinski definition) is 13. The Balaban J connectivity index is 0.000000107. The summed E-state index contributed by atoms with van der Waals surface area (Å²) in [7, 11) is 0. The lowest BCUT2D eigenvalue weighted by Crippen LogP contribution is -1.94. The molecule has 0 saturated heterocycles. The van der Waals surface area contributed by atoms with Crippen LogP contribution in [-0.4, -0.2) is 64.8 Å². The molecule has 0 aliphatic carbocycles. The van der Waals surface area contributed by atoms with E-state index in [1.165, 1.54) is 5.56 Å². The van der Waals surface area contributed by atoms with Crippen molar-refractivity contribution in [3.8, 4) is 112 Å². The maximum atomic E-state index is 5.20. The molecule has 0 saturated carbocycles. The van der Waals surface area contributed by atoms with Gasteiger partial charge >= 0.3 is 0 Å². The second kappa shape index (κ2) is 33.8. The van der Waals surface area contributed by atoms with Crippen LogP contribution in [0.1, 0.15) is 0 Å². The minimum absolute atomic E-state index is 0.857. The van der Waals surface area contributed by atoms with Crippen molar-refractivity contribution in [1.29, 1.82) is 0 Å². The first-order valence-corrected chi connectivity index (χ1v) is 46.1. The van der Waals surface area contributed by atoms with Gasteiger partial charge < -0.3 is 0 Å². The van der Waals surface area contributed by atoms with Gasteiger partial charge in [0, 0.05) is 155 Å². The molecule has 13 heterocycles. The number of fused-ring (bicyclic) bond motifs is 21. The second-order valence-electron chi connectivity index (χ2n) is 34.7. The van der Waals surface area contributed by atoms with E-state index in [1.54, 1.807) is 0 Å². The van der Waals surface area contributed by atoms with Crippen LogP contribution in [0.3, 0.4) is 0 Å². The summed E-state index contributed by atoms with van der Waals surface area (Å²) in [5.41, 5.74) is 34.1. The average molecular weight is 1760 g/mol. The predicted molar refractivity (Wildman–Crippen MR) is 568 cm³/mol. The third kappa shape index (κ3) is 14.4. The first-order valence-electron chi connectivity index (χ1n) is 46.1. The lowest BCUT2D eigenvalue weighted by Gasteiger charge is -2.14. The van der Waals surface area contributed by atoms with Crippen LogP contribution in [0, 0.1) is 0 Å². The van der Waals surface area contributed by atoms with E-state index in [0.29, 0.717) is 0 Å². The van der Waals surface area contributed by atoms with E-state index < -0.39 is 0 Å². The van der Waals surface area contributed by atoms with E-state index >= 15 is 0 Å². The van der Waals surface area contributed by atoms with Crippen molar-refractivity contribution in [2.24, 2.45) is 0 Å². The van der Waals surface area contributed by atoms with Crippen molar-refractivity contribution in [3.05, 3.63) is 455 Å². The van der Waals surface area contributed by atoms with Crippen LogP contribution < -0.4 is 0 Å². The first kappa shape index (κ1) is 80.0. The zero-order valence-corrected chi connectivity index (χ0v) is 74.1. The number of benzene rings is 15. The number of pyridine rings is 13. The van der Waals surface area contributed by atoms with Gasteiger partial charge in [0.1, 0.15) is 0 Å². The normalized spacial score (nSPS) is 11.6. The summed E-state index contributed by atoms with van der Waals surface area (Å²) in [6.45, 7) is 0.